The van der Waals surface area contributed by atoms with E-state index in [4.69, 9.17) is 13.9 Å². The van der Waals surface area contributed by atoms with Crippen molar-refractivity contribution < 1.29 is 28.6 Å². The number of hydrogen-bond donors (Lipinski definition) is 1. The second-order valence-corrected chi connectivity index (χ2v) is 12.5. The number of hydrogen-bond acceptors (Lipinski definition) is 6. The predicted octanol–water partition coefficient (Wildman–Crippen LogP) is 5.37. The van der Waals surface area contributed by atoms with Crippen molar-refractivity contribution in [3.63, 3.8) is 0 Å². The highest BCUT2D eigenvalue weighted by Crippen LogP contribution is 2.73. The van der Waals surface area contributed by atoms with E-state index in [1.807, 2.05) is 6.07 Å². The van der Waals surface area contributed by atoms with Crippen LogP contribution in [0.15, 0.2) is 34.7 Å². The summed E-state index contributed by atoms with van der Waals surface area (Å²) in [5.74, 6) is -0.240. The van der Waals surface area contributed by atoms with Crippen molar-refractivity contribution in [1.29, 1.82) is 0 Å². The highest BCUT2D eigenvalue weighted by Gasteiger charge is 2.69. The zero-order valence-corrected chi connectivity index (χ0v) is 21.2. The number of cyclic esters (lactones) is 1. The SMILES string of the molecule is CC(=O)O[C@H]1C[C@@H]2C(C)(C)[C@@H](O)CC[C@@]2(C)[C@@H]2CC[C@]3(C)C(=CC(=O)O[C@H]3c3ccoc3)[C@]12C. The second kappa shape index (κ2) is 7.46. The van der Waals surface area contributed by atoms with Gasteiger partial charge in [-0.25, -0.2) is 4.79 Å². The largest absolute Gasteiger partial charge is 0.472 e. The predicted molar refractivity (Wildman–Crippen MR) is 125 cm³/mol. The van der Waals surface area contributed by atoms with Gasteiger partial charge in [-0.3, -0.25) is 4.79 Å². The molecule has 0 saturated heterocycles. The molecule has 3 saturated carbocycles. The third kappa shape index (κ3) is 3.03. The van der Waals surface area contributed by atoms with Gasteiger partial charge >= 0.3 is 11.9 Å². The number of furan rings is 1. The molecule has 5 rings (SSSR count). The fourth-order valence-electron chi connectivity index (χ4n) is 8.84. The summed E-state index contributed by atoms with van der Waals surface area (Å²) in [6.07, 6.45) is 7.93. The molecule has 1 aromatic rings. The lowest BCUT2D eigenvalue weighted by atomic mass is 9.36. The number of carbonyl (C=O) groups excluding carboxylic acids is 2. The summed E-state index contributed by atoms with van der Waals surface area (Å²) in [7, 11) is 0. The first-order valence-corrected chi connectivity index (χ1v) is 12.7. The Morgan fingerprint density at radius 2 is 1.85 bits per heavy atom. The van der Waals surface area contributed by atoms with E-state index < -0.39 is 16.9 Å². The van der Waals surface area contributed by atoms with E-state index in [1.165, 1.54) is 6.92 Å². The lowest BCUT2D eigenvalue weighted by Crippen LogP contribution is -2.66. The average molecular weight is 471 g/mol. The fourth-order valence-corrected chi connectivity index (χ4v) is 8.84. The summed E-state index contributed by atoms with van der Waals surface area (Å²) in [6, 6.07) is 1.87. The van der Waals surface area contributed by atoms with Crippen LogP contribution in [-0.4, -0.2) is 29.3 Å². The summed E-state index contributed by atoms with van der Waals surface area (Å²) in [4.78, 5) is 25.3. The maximum absolute atomic E-state index is 12.9. The number of aliphatic hydroxyl groups excluding tert-OH is 1. The highest BCUT2D eigenvalue weighted by molar-refractivity contribution is 5.85. The molecule has 1 aliphatic heterocycles. The Bertz CT molecular complexity index is 1020. The molecule has 0 spiro atoms. The molecule has 0 bridgehead atoms. The number of rotatable bonds is 2. The van der Waals surface area contributed by atoms with Gasteiger partial charge in [0.1, 0.15) is 12.2 Å². The van der Waals surface area contributed by atoms with Gasteiger partial charge in [-0.15, -0.1) is 0 Å². The zero-order chi connectivity index (χ0) is 24.7. The smallest absolute Gasteiger partial charge is 0.331 e. The number of ether oxygens (including phenoxy) is 2. The van der Waals surface area contributed by atoms with E-state index in [0.29, 0.717) is 6.42 Å². The molecule has 6 heteroatoms. The van der Waals surface area contributed by atoms with Gasteiger partial charge < -0.3 is 19.0 Å². The van der Waals surface area contributed by atoms with Crippen LogP contribution >= 0.6 is 0 Å². The van der Waals surface area contributed by atoms with Gasteiger partial charge in [0.2, 0.25) is 0 Å². The second-order valence-electron chi connectivity index (χ2n) is 12.5. The summed E-state index contributed by atoms with van der Waals surface area (Å²) in [6.45, 7) is 12.5. The Morgan fingerprint density at radius 1 is 1.12 bits per heavy atom. The Kier molecular flexibility index (Phi) is 5.19. The van der Waals surface area contributed by atoms with Crippen LogP contribution in [0, 0.1) is 33.5 Å². The standard InChI is InChI=1S/C28H38O6/c1-16(29)33-22-13-19-25(2,3)21(30)8-11-26(19,4)18-7-10-27(5)20(28(18,22)6)14-23(31)34-24(27)17-9-12-32-15-17/h9,12,14-15,18-19,21-22,24,30H,7-8,10-11,13H2,1-6H3/t18-,19+,21-,22-,24-,26-,27+,28+/m0/s1. The molecule has 8 atom stereocenters. The lowest BCUT2D eigenvalue weighted by Gasteiger charge is -2.69. The van der Waals surface area contributed by atoms with Crippen molar-refractivity contribution in [2.24, 2.45) is 33.5 Å². The molecule has 186 valence electrons. The average Bonchev–Trinajstić information content (AvgIpc) is 3.28. The summed E-state index contributed by atoms with van der Waals surface area (Å²) in [5, 5.41) is 10.9. The molecule has 1 N–H and O–H groups in total. The van der Waals surface area contributed by atoms with Crippen LogP contribution in [0.25, 0.3) is 0 Å². The quantitative estimate of drug-likeness (QED) is 0.585. The van der Waals surface area contributed by atoms with Crippen molar-refractivity contribution in [1.82, 2.24) is 0 Å². The number of carbonyl (C=O) groups is 2. The van der Waals surface area contributed by atoms with Crippen molar-refractivity contribution in [3.05, 3.63) is 35.8 Å². The molecular formula is C28H38O6. The molecule has 2 heterocycles. The Balaban J connectivity index is 1.67. The van der Waals surface area contributed by atoms with Crippen LogP contribution in [-0.2, 0) is 19.1 Å². The summed E-state index contributed by atoms with van der Waals surface area (Å²) >= 11 is 0. The van der Waals surface area contributed by atoms with E-state index in [0.717, 1.165) is 36.8 Å². The molecule has 3 aliphatic carbocycles. The molecule has 4 aliphatic rings. The van der Waals surface area contributed by atoms with Crippen LogP contribution in [0.4, 0.5) is 0 Å². The van der Waals surface area contributed by atoms with Crippen LogP contribution in [0.2, 0.25) is 0 Å². The first kappa shape index (κ1) is 23.7. The van der Waals surface area contributed by atoms with Gasteiger partial charge in [-0.1, -0.05) is 34.6 Å². The Labute approximate surface area is 202 Å². The molecule has 3 fully saturated rings. The van der Waals surface area contributed by atoms with Crippen LogP contribution in [0.5, 0.6) is 0 Å². The zero-order valence-electron chi connectivity index (χ0n) is 21.2. The lowest BCUT2D eigenvalue weighted by molar-refractivity contribution is -0.226. The van der Waals surface area contributed by atoms with Gasteiger partial charge in [-0.2, -0.15) is 0 Å². The van der Waals surface area contributed by atoms with E-state index >= 15 is 0 Å². The Morgan fingerprint density at radius 3 is 2.50 bits per heavy atom. The Hall–Kier alpha value is -2.08. The maximum atomic E-state index is 12.9. The minimum Gasteiger partial charge on any atom is -0.472 e. The highest BCUT2D eigenvalue weighted by atomic mass is 16.6. The monoisotopic (exact) mass is 470 g/mol. The van der Waals surface area contributed by atoms with Crippen molar-refractivity contribution in [2.45, 2.75) is 92.0 Å². The van der Waals surface area contributed by atoms with Crippen LogP contribution < -0.4 is 0 Å². The molecule has 0 amide bonds. The minimum atomic E-state index is -0.510. The van der Waals surface area contributed by atoms with Crippen LogP contribution in [0.3, 0.4) is 0 Å². The summed E-state index contributed by atoms with van der Waals surface area (Å²) in [5.41, 5.74) is 0.635. The third-order valence-electron chi connectivity index (χ3n) is 10.5. The van der Waals surface area contributed by atoms with Gasteiger partial charge in [0, 0.05) is 29.4 Å². The van der Waals surface area contributed by atoms with Gasteiger partial charge in [0.05, 0.1) is 18.6 Å². The van der Waals surface area contributed by atoms with E-state index in [9.17, 15) is 14.7 Å². The fraction of sp³-hybridized carbons (Fsp3) is 0.714. The summed E-state index contributed by atoms with van der Waals surface area (Å²) < 4.78 is 17.4. The number of esters is 2. The molecule has 0 unspecified atom stereocenters. The number of fused-ring (bicyclic) bond motifs is 5. The molecule has 34 heavy (non-hydrogen) atoms. The normalized spacial score (nSPS) is 45.2. The molecular weight excluding hydrogens is 432 g/mol. The van der Waals surface area contributed by atoms with E-state index in [2.05, 4.69) is 34.6 Å². The van der Waals surface area contributed by atoms with Gasteiger partial charge in [-0.05, 0) is 66.4 Å². The first-order valence-electron chi connectivity index (χ1n) is 12.7. The van der Waals surface area contributed by atoms with E-state index in [1.54, 1.807) is 18.6 Å². The third-order valence-corrected chi connectivity index (χ3v) is 10.5. The van der Waals surface area contributed by atoms with Crippen molar-refractivity contribution >= 4 is 11.9 Å². The minimum absolute atomic E-state index is 0.0389. The molecule has 1 aromatic heterocycles. The van der Waals surface area contributed by atoms with Gasteiger partial charge in [0.15, 0.2) is 0 Å². The molecule has 0 aromatic carbocycles. The molecule has 0 radical (unpaired) electrons. The molecule has 6 nitrogen and oxygen atoms in total. The topological polar surface area (TPSA) is 86.0 Å². The number of aliphatic hydroxyl groups is 1. The first-order chi connectivity index (χ1) is 15.8. The van der Waals surface area contributed by atoms with E-state index in [-0.39, 0.29) is 46.8 Å². The van der Waals surface area contributed by atoms with Crippen LogP contribution in [0.1, 0.15) is 85.3 Å². The maximum Gasteiger partial charge on any atom is 0.331 e. The van der Waals surface area contributed by atoms with Crippen molar-refractivity contribution in [2.75, 3.05) is 0 Å². The van der Waals surface area contributed by atoms with Gasteiger partial charge in [0.25, 0.3) is 0 Å². The van der Waals surface area contributed by atoms with Crippen molar-refractivity contribution in [3.8, 4) is 0 Å².